The van der Waals surface area contributed by atoms with Crippen molar-refractivity contribution in [3.05, 3.63) is 35.7 Å². The molecule has 90 valence electrons. The van der Waals surface area contributed by atoms with E-state index in [1.807, 2.05) is 24.4 Å². The Kier molecular flexibility index (Phi) is 2.66. The normalized spacial score (nSPS) is 10.9. The third-order valence-corrected chi connectivity index (χ3v) is 3.75. The van der Waals surface area contributed by atoms with E-state index in [-0.39, 0.29) is 0 Å². The van der Waals surface area contributed by atoms with Crippen LogP contribution in [-0.2, 0) is 6.54 Å². The minimum Gasteiger partial charge on any atom is -0.383 e. The van der Waals surface area contributed by atoms with E-state index in [0.717, 1.165) is 26.4 Å². The Morgan fingerprint density at radius 3 is 2.83 bits per heavy atom. The average molecular weight is 257 g/mol. The molecular formula is C12H11N5S. The third kappa shape index (κ3) is 1.81. The van der Waals surface area contributed by atoms with Crippen LogP contribution in [0.1, 0.15) is 5.01 Å². The number of nitrogens with two attached hydrogens (primary N) is 2. The smallest absolute Gasteiger partial charge is 0.134 e. The monoisotopic (exact) mass is 257 g/mol. The molecule has 0 aliphatic heterocycles. The first-order valence-corrected chi connectivity index (χ1v) is 6.25. The minimum absolute atomic E-state index is 0.462. The van der Waals surface area contributed by atoms with Crippen molar-refractivity contribution in [1.82, 2.24) is 15.0 Å². The molecular weight excluding hydrogens is 246 g/mol. The molecule has 0 bridgehead atoms. The molecule has 0 aliphatic carbocycles. The van der Waals surface area contributed by atoms with Crippen LogP contribution in [0.4, 0.5) is 5.82 Å². The maximum absolute atomic E-state index is 5.85. The summed E-state index contributed by atoms with van der Waals surface area (Å²) in [6, 6.07) is 5.92. The van der Waals surface area contributed by atoms with E-state index in [1.165, 1.54) is 6.33 Å². The van der Waals surface area contributed by atoms with Gasteiger partial charge in [0.2, 0.25) is 0 Å². The Hall–Kier alpha value is -2.05. The van der Waals surface area contributed by atoms with E-state index in [1.54, 1.807) is 11.3 Å². The molecule has 1 aromatic carbocycles. The van der Waals surface area contributed by atoms with Gasteiger partial charge in [-0.1, -0.05) is 6.07 Å². The molecule has 0 radical (unpaired) electrons. The highest BCUT2D eigenvalue weighted by Crippen LogP contribution is 2.29. The second-order valence-corrected chi connectivity index (χ2v) is 4.93. The van der Waals surface area contributed by atoms with Gasteiger partial charge in [-0.25, -0.2) is 15.0 Å². The van der Waals surface area contributed by atoms with Crippen molar-refractivity contribution < 1.29 is 0 Å². The SMILES string of the molecule is NCc1ncc(-c2ccc3ncnc(N)c3c2)s1. The summed E-state index contributed by atoms with van der Waals surface area (Å²) in [5.74, 6) is 0.491. The lowest BCUT2D eigenvalue weighted by Gasteiger charge is -2.02. The Morgan fingerprint density at radius 2 is 2.06 bits per heavy atom. The van der Waals surface area contributed by atoms with Crippen LogP contribution < -0.4 is 11.5 Å². The Bertz CT molecular complexity index is 707. The first kappa shape index (κ1) is 11.1. The van der Waals surface area contributed by atoms with Crippen molar-refractivity contribution in [3.63, 3.8) is 0 Å². The molecule has 18 heavy (non-hydrogen) atoms. The van der Waals surface area contributed by atoms with Gasteiger partial charge in [-0.15, -0.1) is 11.3 Å². The van der Waals surface area contributed by atoms with Gasteiger partial charge < -0.3 is 11.5 Å². The average Bonchev–Trinajstić information content (AvgIpc) is 2.88. The topological polar surface area (TPSA) is 90.7 Å². The van der Waals surface area contributed by atoms with Gasteiger partial charge >= 0.3 is 0 Å². The third-order valence-electron chi connectivity index (χ3n) is 2.68. The quantitative estimate of drug-likeness (QED) is 0.730. The number of nitrogen functional groups attached to an aromatic ring is 1. The van der Waals surface area contributed by atoms with Crippen LogP contribution in [0.5, 0.6) is 0 Å². The summed E-state index contributed by atoms with van der Waals surface area (Å²) in [6.07, 6.45) is 3.30. The molecule has 5 nitrogen and oxygen atoms in total. The highest BCUT2D eigenvalue weighted by Gasteiger charge is 2.06. The number of thiazole rings is 1. The Labute approximate surface area is 108 Å². The summed E-state index contributed by atoms with van der Waals surface area (Å²) in [4.78, 5) is 13.5. The predicted molar refractivity (Wildman–Crippen MR) is 72.9 cm³/mol. The van der Waals surface area contributed by atoms with Gasteiger partial charge in [0, 0.05) is 18.1 Å². The fraction of sp³-hybridized carbons (Fsp3) is 0.0833. The van der Waals surface area contributed by atoms with E-state index in [9.17, 15) is 0 Å². The van der Waals surface area contributed by atoms with Gasteiger partial charge in [0.05, 0.1) is 10.4 Å². The molecule has 2 heterocycles. The molecule has 0 atom stereocenters. The van der Waals surface area contributed by atoms with E-state index in [2.05, 4.69) is 15.0 Å². The zero-order valence-electron chi connectivity index (χ0n) is 9.50. The second-order valence-electron chi connectivity index (χ2n) is 3.81. The summed E-state index contributed by atoms with van der Waals surface area (Å²) in [5.41, 5.74) is 13.3. The summed E-state index contributed by atoms with van der Waals surface area (Å²) in [7, 11) is 0. The Morgan fingerprint density at radius 1 is 1.17 bits per heavy atom. The zero-order valence-corrected chi connectivity index (χ0v) is 10.3. The van der Waals surface area contributed by atoms with Crippen molar-refractivity contribution in [2.45, 2.75) is 6.54 Å². The Balaban J connectivity index is 2.15. The number of anilines is 1. The number of benzene rings is 1. The van der Waals surface area contributed by atoms with Crippen LogP contribution in [0.2, 0.25) is 0 Å². The fourth-order valence-electron chi connectivity index (χ4n) is 1.77. The van der Waals surface area contributed by atoms with Crippen LogP contribution in [0.25, 0.3) is 21.3 Å². The molecule has 3 rings (SSSR count). The summed E-state index contributed by atoms with van der Waals surface area (Å²) >= 11 is 1.58. The van der Waals surface area contributed by atoms with Crippen LogP contribution in [-0.4, -0.2) is 15.0 Å². The van der Waals surface area contributed by atoms with Gasteiger partial charge in [-0.05, 0) is 17.7 Å². The van der Waals surface area contributed by atoms with Crippen molar-refractivity contribution in [1.29, 1.82) is 0 Å². The largest absolute Gasteiger partial charge is 0.383 e. The fourth-order valence-corrected chi connectivity index (χ4v) is 2.56. The standard InChI is InChI=1S/C12H11N5S/c13-4-11-15-5-10(18-11)7-1-2-9-8(3-7)12(14)17-6-16-9/h1-3,5-6H,4,13H2,(H2,14,16,17). The summed E-state index contributed by atoms with van der Waals surface area (Å²) in [6.45, 7) is 0.462. The lowest BCUT2D eigenvalue weighted by molar-refractivity contribution is 1.04. The zero-order chi connectivity index (χ0) is 12.5. The molecule has 0 spiro atoms. The molecule has 0 saturated heterocycles. The number of hydrogen-bond acceptors (Lipinski definition) is 6. The number of fused-ring (bicyclic) bond motifs is 1. The lowest BCUT2D eigenvalue weighted by atomic mass is 10.1. The molecule has 3 aromatic rings. The van der Waals surface area contributed by atoms with Crippen molar-refractivity contribution in [3.8, 4) is 10.4 Å². The number of rotatable bonds is 2. The van der Waals surface area contributed by atoms with E-state index < -0.39 is 0 Å². The van der Waals surface area contributed by atoms with Crippen LogP contribution in [0.15, 0.2) is 30.7 Å². The van der Waals surface area contributed by atoms with Gasteiger partial charge in [0.15, 0.2) is 0 Å². The molecule has 4 N–H and O–H groups in total. The highest BCUT2D eigenvalue weighted by molar-refractivity contribution is 7.15. The van der Waals surface area contributed by atoms with Gasteiger partial charge in [-0.3, -0.25) is 0 Å². The van der Waals surface area contributed by atoms with Crippen molar-refractivity contribution in [2.75, 3.05) is 5.73 Å². The molecule has 0 amide bonds. The van der Waals surface area contributed by atoms with Gasteiger partial charge in [-0.2, -0.15) is 0 Å². The number of hydrogen-bond donors (Lipinski definition) is 2. The number of aromatic nitrogens is 3. The molecule has 0 saturated carbocycles. The van der Waals surface area contributed by atoms with E-state index in [0.29, 0.717) is 12.4 Å². The van der Waals surface area contributed by atoms with Gasteiger partial charge in [0.25, 0.3) is 0 Å². The highest BCUT2D eigenvalue weighted by atomic mass is 32.1. The molecule has 0 aliphatic rings. The molecule has 0 fully saturated rings. The summed E-state index contributed by atoms with van der Waals surface area (Å²) < 4.78 is 0. The van der Waals surface area contributed by atoms with Crippen LogP contribution in [0.3, 0.4) is 0 Å². The predicted octanol–water partition coefficient (Wildman–Crippen LogP) is 1.79. The van der Waals surface area contributed by atoms with E-state index in [4.69, 9.17) is 11.5 Å². The molecule has 2 aromatic heterocycles. The first-order valence-electron chi connectivity index (χ1n) is 5.43. The van der Waals surface area contributed by atoms with Crippen molar-refractivity contribution >= 4 is 28.1 Å². The van der Waals surface area contributed by atoms with Crippen LogP contribution in [0, 0.1) is 0 Å². The van der Waals surface area contributed by atoms with E-state index >= 15 is 0 Å². The molecule has 0 unspecified atom stereocenters. The second kappa shape index (κ2) is 4.32. The minimum atomic E-state index is 0.462. The molecule has 6 heteroatoms. The maximum Gasteiger partial charge on any atom is 0.134 e. The lowest BCUT2D eigenvalue weighted by Crippen LogP contribution is -1.93. The van der Waals surface area contributed by atoms with Gasteiger partial charge in [0.1, 0.15) is 17.2 Å². The van der Waals surface area contributed by atoms with Crippen molar-refractivity contribution in [2.24, 2.45) is 5.73 Å². The number of nitrogens with zero attached hydrogens (tertiary/aromatic N) is 3. The van der Waals surface area contributed by atoms with Crippen LogP contribution >= 0.6 is 11.3 Å². The summed E-state index contributed by atoms with van der Waals surface area (Å²) in [5, 5.41) is 1.78. The first-order chi connectivity index (χ1) is 8.78. The maximum atomic E-state index is 5.85.